The van der Waals surface area contributed by atoms with Gasteiger partial charge in [-0.2, -0.15) is 0 Å². The number of hydrogen-bond acceptors (Lipinski definition) is 12. The zero-order valence-corrected chi connectivity index (χ0v) is 22.6. The van der Waals surface area contributed by atoms with Gasteiger partial charge in [0, 0.05) is 19.4 Å². The molecule has 1 fully saturated rings. The van der Waals surface area contributed by atoms with Crippen LogP contribution in [0.15, 0.2) is 36.4 Å². The summed E-state index contributed by atoms with van der Waals surface area (Å²) in [6.07, 6.45) is 1.15. The maximum Gasteiger partial charge on any atom is 0.346 e. The van der Waals surface area contributed by atoms with Crippen LogP contribution in [0.3, 0.4) is 0 Å². The molecule has 0 amide bonds. The van der Waals surface area contributed by atoms with Gasteiger partial charge in [0.25, 0.3) is 6.47 Å². The van der Waals surface area contributed by atoms with Gasteiger partial charge in [-0.25, -0.2) is 9.59 Å². The predicted octanol–water partition coefficient (Wildman–Crippen LogP) is 2.37. The molecule has 12 heteroatoms. The lowest BCUT2D eigenvalue weighted by Crippen LogP contribution is -2.23. The van der Waals surface area contributed by atoms with E-state index in [1.54, 1.807) is 25.1 Å². The van der Waals surface area contributed by atoms with Crippen molar-refractivity contribution in [1.29, 1.82) is 0 Å². The number of methoxy groups -OCH3 is 1. The summed E-state index contributed by atoms with van der Waals surface area (Å²) < 4.78 is 30.8. The Morgan fingerprint density at radius 1 is 0.902 bits per heavy atom. The highest BCUT2D eigenvalue weighted by Crippen LogP contribution is 2.33. The summed E-state index contributed by atoms with van der Waals surface area (Å²) in [5.41, 5.74) is 3.60. The third-order valence-electron chi connectivity index (χ3n) is 6.39. The number of hydrogen-bond donors (Lipinski definition) is 1. The highest BCUT2D eigenvalue weighted by atomic mass is 16.6. The molecule has 3 aliphatic rings. The van der Waals surface area contributed by atoms with Gasteiger partial charge in [-0.05, 0) is 47.9 Å². The topological polar surface area (TPSA) is 153 Å². The average Bonchev–Trinajstić information content (AvgIpc) is 3.33. The Balaban J connectivity index is 0.000000367. The molecule has 0 saturated carbocycles. The number of ether oxygens (including phenoxy) is 6. The Morgan fingerprint density at radius 3 is 2.05 bits per heavy atom. The number of esters is 4. The molecule has 12 nitrogen and oxygen atoms in total. The molecule has 2 aromatic carbocycles. The first-order valence-corrected chi connectivity index (χ1v) is 12.8. The molecule has 3 aliphatic heterocycles. The lowest BCUT2D eigenvalue weighted by molar-refractivity contribution is -0.139. The number of carbonyl (C=O) groups is 5. The summed E-state index contributed by atoms with van der Waals surface area (Å²) >= 11 is 0. The van der Waals surface area contributed by atoms with Crippen LogP contribution in [0.25, 0.3) is 0 Å². The van der Waals surface area contributed by atoms with Crippen LogP contribution >= 0.6 is 0 Å². The van der Waals surface area contributed by atoms with Crippen LogP contribution in [0.2, 0.25) is 0 Å². The van der Waals surface area contributed by atoms with Gasteiger partial charge < -0.3 is 28.4 Å². The number of carbonyl (C=O) groups excluding carboxylic acids is 5. The van der Waals surface area contributed by atoms with Crippen molar-refractivity contribution in [2.45, 2.75) is 38.8 Å². The number of nitrogens with one attached hydrogen (secondary N) is 1. The second-order valence-electron chi connectivity index (χ2n) is 9.42. The van der Waals surface area contributed by atoms with E-state index in [4.69, 9.17) is 14.2 Å². The van der Waals surface area contributed by atoms with E-state index < -0.39 is 23.9 Å². The normalized spacial score (nSPS) is 17.3. The average molecular weight is 568 g/mol. The van der Waals surface area contributed by atoms with Crippen molar-refractivity contribution in [3.05, 3.63) is 64.2 Å². The number of benzene rings is 2. The quantitative estimate of drug-likeness (QED) is 0.118. The fourth-order valence-electron chi connectivity index (χ4n) is 4.38. The monoisotopic (exact) mass is 567 g/mol. The second kappa shape index (κ2) is 13.1. The summed E-state index contributed by atoms with van der Waals surface area (Å²) in [4.78, 5) is 56.5. The molecular weight excluding hydrogens is 538 g/mol. The highest BCUT2D eigenvalue weighted by molar-refractivity contribution is 6.03. The minimum absolute atomic E-state index is 0.0157. The van der Waals surface area contributed by atoms with E-state index in [0.29, 0.717) is 60.0 Å². The van der Waals surface area contributed by atoms with E-state index in [0.717, 1.165) is 24.1 Å². The van der Waals surface area contributed by atoms with Gasteiger partial charge in [-0.1, -0.05) is 12.2 Å². The number of cyclic esters (lactones) is 4. The van der Waals surface area contributed by atoms with Gasteiger partial charge in [0.1, 0.15) is 5.75 Å². The largest absolute Gasteiger partial charge is 0.493 e. The first kappa shape index (κ1) is 29.3. The third-order valence-corrected chi connectivity index (χ3v) is 6.39. The molecule has 0 aromatic heterocycles. The second-order valence-corrected chi connectivity index (χ2v) is 9.42. The third kappa shape index (κ3) is 7.28. The van der Waals surface area contributed by atoms with Gasteiger partial charge >= 0.3 is 23.9 Å². The maximum atomic E-state index is 11.9. The molecule has 0 unspecified atom stereocenters. The molecule has 216 valence electrons. The van der Waals surface area contributed by atoms with Crippen LogP contribution in [0.4, 0.5) is 0 Å². The molecule has 0 aliphatic carbocycles. The fourth-order valence-corrected chi connectivity index (χ4v) is 4.38. The first-order valence-electron chi connectivity index (χ1n) is 12.8. The van der Waals surface area contributed by atoms with Crippen molar-refractivity contribution in [3.8, 4) is 17.2 Å². The summed E-state index contributed by atoms with van der Waals surface area (Å²) in [6, 6.07) is 6.45. The lowest BCUT2D eigenvalue weighted by atomic mass is 9.99. The van der Waals surface area contributed by atoms with Gasteiger partial charge in [0.2, 0.25) is 0 Å². The molecule has 0 bridgehead atoms. The van der Waals surface area contributed by atoms with Gasteiger partial charge in [0.15, 0.2) is 17.7 Å². The Labute approximate surface area is 235 Å². The van der Waals surface area contributed by atoms with E-state index in [1.807, 2.05) is 0 Å². The van der Waals surface area contributed by atoms with Crippen LogP contribution in [0.1, 0.15) is 50.2 Å². The number of aryl methyl sites for hydroxylation is 1. The summed E-state index contributed by atoms with van der Waals surface area (Å²) in [7, 11) is 1.45. The Bertz CT molecular complexity index is 1400. The molecule has 3 heterocycles. The Kier molecular flexibility index (Phi) is 9.35. The zero-order valence-electron chi connectivity index (χ0n) is 22.6. The highest BCUT2D eigenvalue weighted by Gasteiger charge is 2.28. The van der Waals surface area contributed by atoms with Crippen molar-refractivity contribution in [2.24, 2.45) is 0 Å². The summed E-state index contributed by atoms with van der Waals surface area (Å²) in [5, 5.41) is 2.95. The molecule has 0 radical (unpaired) electrons. The molecular formula is C29H29NO11. The van der Waals surface area contributed by atoms with Crippen molar-refractivity contribution < 1.29 is 52.4 Å². The summed E-state index contributed by atoms with van der Waals surface area (Å²) in [6.45, 7) is 7.37. The molecule has 5 rings (SSSR count). The zero-order chi connectivity index (χ0) is 29.5. The number of fused-ring (bicyclic) bond motifs is 2. The van der Waals surface area contributed by atoms with Crippen LogP contribution in [0.5, 0.6) is 17.2 Å². The maximum absolute atomic E-state index is 11.9. The smallest absolute Gasteiger partial charge is 0.346 e. The minimum Gasteiger partial charge on any atom is -0.493 e. The van der Waals surface area contributed by atoms with Crippen molar-refractivity contribution in [2.75, 3.05) is 26.9 Å². The first-order chi connectivity index (χ1) is 19.7. The lowest BCUT2D eigenvalue weighted by Gasteiger charge is -2.18. The molecule has 0 spiro atoms. The van der Waals surface area contributed by atoms with E-state index in [2.05, 4.69) is 26.1 Å². The van der Waals surface area contributed by atoms with Crippen LogP contribution in [-0.2, 0) is 41.4 Å². The Morgan fingerprint density at radius 2 is 1.49 bits per heavy atom. The van der Waals surface area contributed by atoms with E-state index >= 15 is 0 Å². The Hall–Kier alpha value is -4.71. The van der Waals surface area contributed by atoms with Gasteiger partial charge in [-0.15, -0.1) is 0 Å². The molecule has 1 N–H and O–H groups in total. The van der Waals surface area contributed by atoms with Crippen LogP contribution in [0, 0.1) is 6.92 Å². The van der Waals surface area contributed by atoms with E-state index in [9.17, 15) is 24.0 Å². The SMILES string of the molecule is C=C1CN[C@H](OC=O)C1.COc1cc2c(cc1OCCCOc1cc3c(cc1C)C(=O)OC(=O)C3)CC(=O)OC2=O. The van der Waals surface area contributed by atoms with Crippen LogP contribution < -0.4 is 19.5 Å². The van der Waals surface area contributed by atoms with Crippen molar-refractivity contribution in [3.63, 3.8) is 0 Å². The molecule has 41 heavy (non-hydrogen) atoms. The van der Waals surface area contributed by atoms with E-state index in [-0.39, 0.29) is 24.6 Å². The fraction of sp³-hybridized carbons (Fsp3) is 0.345. The minimum atomic E-state index is -0.704. The van der Waals surface area contributed by atoms with Crippen molar-refractivity contribution >= 4 is 30.3 Å². The molecule has 2 aromatic rings. The molecule has 1 atom stereocenters. The number of rotatable bonds is 9. The van der Waals surface area contributed by atoms with Crippen LogP contribution in [-0.4, -0.2) is 63.4 Å². The predicted molar refractivity (Wildman–Crippen MR) is 141 cm³/mol. The molecule has 1 saturated heterocycles. The standard InChI is InChI=1S/C23H20O9.C6H9NO2/c1-12-6-15-13(9-20(24)31-22(15)26)7-17(12)29-4-3-5-30-19-8-14-10-21(25)32-23(27)16(14)11-18(19)28-2;1-5-2-6(7-3-5)9-4-8/h6-8,11H,3-5,9-10H2,1-2H3;4,6-7H,1-3H2/t;6-/m.1/s1. The van der Waals surface area contributed by atoms with E-state index in [1.165, 1.54) is 13.2 Å². The van der Waals surface area contributed by atoms with Gasteiger partial charge in [0.05, 0.1) is 44.3 Å². The summed E-state index contributed by atoms with van der Waals surface area (Å²) in [5.74, 6) is -1.19. The van der Waals surface area contributed by atoms with Gasteiger partial charge in [-0.3, -0.25) is 19.7 Å². The van der Waals surface area contributed by atoms with Crippen molar-refractivity contribution in [1.82, 2.24) is 5.32 Å².